The van der Waals surface area contributed by atoms with E-state index < -0.39 is 23.9 Å². The number of hydrogen-bond acceptors (Lipinski definition) is 5. The first-order valence-electron chi connectivity index (χ1n) is 9.01. The molecule has 0 aliphatic heterocycles. The summed E-state index contributed by atoms with van der Waals surface area (Å²) >= 11 is 5.53. The minimum Gasteiger partial charge on any atom is -0.468 e. The normalized spacial score (nSPS) is 13.0. The van der Waals surface area contributed by atoms with Gasteiger partial charge in [0.25, 0.3) is 0 Å². The van der Waals surface area contributed by atoms with Crippen LogP contribution in [0.2, 0.25) is 0 Å². The molecule has 0 bridgehead atoms. The Balaban J connectivity index is 3.19. The van der Waals surface area contributed by atoms with Crippen LogP contribution in [0, 0.1) is 11.8 Å². The van der Waals surface area contributed by atoms with Crippen molar-refractivity contribution in [1.29, 1.82) is 0 Å². The van der Waals surface area contributed by atoms with Crippen molar-refractivity contribution >= 4 is 29.1 Å². The van der Waals surface area contributed by atoms with E-state index in [0.29, 0.717) is 4.99 Å². The quantitative estimate of drug-likeness (QED) is 0.381. The fraction of sp³-hybridized carbons (Fsp3) is 0.550. The van der Waals surface area contributed by atoms with Crippen molar-refractivity contribution in [2.24, 2.45) is 11.8 Å². The van der Waals surface area contributed by atoms with Crippen LogP contribution in [0.1, 0.15) is 45.1 Å². The van der Waals surface area contributed by atoms with Crippen molar-refractivity contribution in [2.45, 2.75) is 45.6 Å². The number of carbonyl (C=O) groups excluding carboxylic acids is 2. The molecule has 2 unspecified atom stereocenters. The zero-order chi connectivity index (χ0) is 19.5. The van der Waals surface area contributed by atoms with E-state index in [0.717, 1.165) is 31.2 Å². The Morgan fingerprint density at radius 2 is 1.65 bits per heavy atom. The number of thiocarbonyl (C=S) groups is 1. The number of ether oxygens (including phenoxy) is 2. The lowest BCUT2D eigenvalue weighted by molar-refractivity contribution is -0.160. The van der Waals surface area contributed by atoms with Crippen molar-refractivity contribution in [2.75, 3.05) is 14.2 Å². The third kappa shape index (κ3) is 6.09. The summed E-state index contributed by atoms with van der Waals surface area (Å²) in [5, 5.41) is 3.25. The second-order valence-corrected chi connectivity index (χ2v) is 6.61. The summed E-state index contributed by atoms with van der Waals surface area (Å²) in [7, 11) is 2.55. The van der Waals surface area contributed by atoms with Gasteiger partial charge in [0.2, 0.25) is 0 Å². The van der Waals surface area contributed by atoms with Crippen LogP contribution in [0.3, 0.4) is 0 Å². The molecule has 1 N–H and O–H groups in total. The van der Waals surface area contributed by atoms with E-state index >= 15 is 0 Å². The molecule has 0 saturated heterocycles. The number of benzene rings is 1. The third-order valence-electron chi connectivity index (χ3n) is 4.56. The number of unbranched alkanes of at least 4 members (excludes halogenated alkanes) is 1. The Kier molecular flexibility index (Phi) is 9.88. The monoisotopic (exact) mass is 379 g/mol. The highest BCUT2D eigenvalue weighted by atomic mass is 32.1. The first kappa shape index (κ1) is 22.1. The van der Waals surface area contributed by atoms with Crippen LogP contribution < -0.4 is 5.32 Å². The lowest BCUT2D eigenvalue weighted by Crippen LogP contribution is -2.51. The van der Waals surface area contributed by atoms with Gasteiger partial charge in [-0.05, 0) is 12.3 Å². The van der Waals surface area contributed by atoms with Gasteiger partial charge in [0.1, 0.15) is 4.99 Å². The average molecular weight is 380 g/mol. The molecule has 1 aromatic carbocycles. The van der Waals surface area contributed by atoms with Gasteiger partial charge in [-0.2, -0.15) is 0 Å². The van der Waals surface area contributed by atoms with Crippen molar-refractivity contribution in [3.8, 4) is 0 Å². The Labute approximate surface area is 161 Å². The Morgan fingerprint density at radius 3 is 2.12 bits per heavy atom. The van der Waals surface area contributed by atoms with E-state index in [-0.39, 0.29) is 5.92 Å². The fourth-order valence-corrected chi connectivity index (χ4v) is 3.32. The van der Waals surface area contributed by atoms with Crippen molar-refractivity contribution < 1.29 is 19.1 Å². The fourth-order valence-electron chi connectivity index (χ4n) is 3.04. The first-order chi connectivity index (χ1) is 12.5. The average Bonchev–Trinajstić information content (AvgIpc) is 2.68. The molecule has 144 valence electrons. The smallest absolute Gasteiger partial charge is 0.322 e. The second kappa shape index (κ2) is 11.6. The Bertz CT molecular complexity index is 575. The number of hydrogen-bond donors (Lipinski definition) is 1. The lowest BCUT2D eigenvalue weighted by Gasteiger charge is -2.32. The van der Waals surface area contributed by atoms with Gasteiger partial charge in [-0.3, -0.25) is 9.59 Å². The van der Waals surface area contributed by atoms with Crippen molar-refractivity contribution in [3.63, 3.8) is 0 Å². The van der Waals surface area contributed by atoms with Gasteiger partial charge < -0.3 is 14.8 Å². The molecule has 0 radical (unpaired) electrons. The molecule has 5 nitrogen and oxygen atoms in total. The predicted molar refractivity (Wildman–Crippen MR) is 106 cm³/mol. The summed E-state index contributed by atoms with van der Waals surface area (Å²) in [6, 6.07) is 9.00. The molecule has 0 amide bonds. The van der Waals surface area contributed by atoms with Gasteiger partial charge in [-0.25, -0.2) is 0 Å². The maximum Gasteiger partial charge on any atom is 0.322 e. The van der Waals surface area contributed by atoms with E-state index in [1.54, 1.807) is 0 Å². The molecule has 0 spiro atoms. The van der Waals surface area contributed by atoms with Crippen LogP contribution in [0.4, 0.5) is 0 Å². The van der Waals surface area contributed by atoms with Crippen molar-refractivity contribution in [1.82, 2.24) is 5.32 Å². The predicted octanol–water partition coefficient (Wildman–Crippen LogP) is 3.50. The van der Waals surface area contributed by atoms with E-state index in [9.17, 15) is 9.59 Å². The minimum atomic E-state index is -1.06. The van der Waals surface area contributed by atoms with Gasteiger partial charge >= 0.3 is 11.9 Å². The highest BCUT2D eigenvalue weighted by molar-refractivity contribution is 7.80. The largest absolute Gasteiger partial charge is 0.468 e. The zero-order valence-electron chi connectivity index (χ0n) is 16.0. The molecule has 0 aromatic heterocycles. The van der Waals surface area contributed by atoms with Gasteiger partial charge in [0.05, 0.1) is 20.3 Å². The molecule has 6 heteroatoms. The maximum absolute atomic E-state index is 12.4. The van der Waals surface area contributed by atoms with Crippen LogP contribution in [-0.4, -0.2) is 37.2 Å². The van der Waals surface area contributed by atoms with Gasteiger partial charge in [-0.1, -0.05) is 75.7 Å². The molecule has 0 saturated carbocycles. The number of carbonyl (C=O) groups is 2. The summed E-state index contributed by atoms with van der Waals surface area (Å²) in [5.74, 6) is -2.20. The summed E-state index contributed by atoms with van der Waals surface area (Å²) in [5.41, 5.74) is 0.839. The minimum absolute atomic E-state index is 0.0832. The van der Waals surface area contributed by atoms with Gasteiger partial charge in [0.15, 0.2) is 5.92 Å². The lowest BCUT2D eigenvalue weighted by atomic mass is 9.83. The Hall–Kier alpha value is -1.95. The number of methoxy groups -OCH3 is 2. The molecule has 1 aromatic rings. The first-order valence-corrected chi connectivity index (χ1v) is 9.42. The third-order valence-corrected chi connectivity index (χ3v) is 4.92. The number of rotatable bonds is 10. The van der Waals surface area contributed by atoms with Crippen molar-refractivity contribution in [3.05, 3.63) is 35.9 Å². The molecule has 0 heterocycles. The maximum atomic E-state index is 12.4. The molecule has 0 aliphatic carbocycles. The number of nitrogens with one attached hydrogen (secondary N) is 1. The van der Waals surface area contributed by atoms with E-state index in [1.165, 1.54) is 14.2 Å². The van der Waals surface area contributed by atoms with E-state index in [4.69, 9.17) is 21.7 Å². The van der Waals surface area contributed by atoms with Crippen LogP contribution in [0.15, 0.2) is 30.3 Å². The summed E-state index contributed by atoms with van der Waals surface area (Å²) in [6.07, 6.45) is 3.73. The molecular weight excluding hydrogens is 350 g/mol. The highest BCUT2D eigenvalue weighted by Gasteiger charge is 2.41. The van der Waals surface area contributed by atoms with E-state index in [2.05, 4.69) is 12.2 Å². The molecule has 1 rings (SSSR count). The summed E-state index contributed by atoms with van der Waals surface area (Å²) in [6.45, 7) is 4.16. The van der Waals surface area contributed by atoms with E-state index in [1.807, 2.05) is 37.3 Å². The summed E-state index contributed by atoms with van der Waals surface area (Å²) in [4.78, 5) is 25.2. The van der Waals surface area contributed by atoms with Gasteiger partial charge in [-0.15, -0.1) is 0 Å². The van der Waals surface area contributed by atoms with Crippen LogP contribution in [-0.2, 0) is 19.1 Å². The topological polar surface area (TPSA) is 64.6 Å². The SMILES string of the molecule is CCCCC(CC)C(NC(=S)c1ccccc1)C(C(=O)OC)C(=O)OC. The molecule has 0 aliphatic rings. The molecule has 26 heavy (non-hydrogen) atoms. The summed E-state index contributed by atoms with van der Waals surface area (Å²) < 4.78 is 9.76. The van der Waals surface area contributed by atoms with Crippen LogP contribution in [0.5, 0.6) is 0 Å². The van der Waals surface area contributed by atoms with Crippen LogP contribution >= 0.6 is 12.2 Å². The van der Waals surface area contributed by atoms with Crippen LogP contribution in [0.25, 0.3) is 0 Å². The Morgan fingerprint density at radius 1 is 1.08 bits per heavy atom. The molecular formula is C20H29NO4S. The highest BCUT2D eigenvalue weighted by Crippen LogP contribution is 2.25. The van der Waals surface area contributed by atoms with Gasteiger partial charge in [0, 0.05) is 5.56 Å². The molecule has 0 fully saturated rings. The number of esters is 2. The zero-order valence-corrected chi connectivity index (χ0v) is 16.8. The second-order valence-electron chi connectivity index (χ2n) is 6.20. The molecule has 2 atom stereocenters. The standard InChI is InChI=1S/C20H29NO4S/c1-5-7-11-14(6-2)17(16(19(22)24-3)20(23)25-4)21-18(26)15-12-9-8-10-13-15/h8-10,12-14,16-17H,5-7,11H2,1-4H3,(H,21,26).